The Hall–Kier alpha value is -1.71. The van der Waals surface area contributed by atoms with Crippen molar-refractivity contribution in [2.75, 3.05) is 5.32 Å². The molecule has 1 amide bonds. The van der Waals surface area contributed by atoms with Crippen molar-refractivity contribution >= 4 is 35.0 Å². The van der Waals surface area contributed by atoms with E-state index >= 15 is 0 Å². The Kier molecular flexibility index (Phi) is 5.55. The maximum atomic E-state index is 12.2. The second-order valence-corrected chi connectivity index (χ2v) is 6.61. The quantitative estimate of drug-likeness (QED) is 0.699. The highest BCUT2D eigenvalue weighted by molar-refractivity contribution is 6.31. The average Bonchev–Trinajstić information content (AvgIpc) is 2.46. The SMILES string of the molecule is Cc1cc(OC(=O)Nc2cc(Cl)ccc2C)c(C(C)C)cc1Cl. The van der Waals surface area contributed by atoms with Crippen molar-refractivity contribution in [3.05, 3.63) is 57.1 Å². The standard InChI is InChI=1S/C18H19Cl2NO2/c1-10(2)14-9-15(20)12(4)7-17(14)23-18(22)21-16-8-13(19)6-5-11(16)3/h5-10H,1-4H3,(H,21,22). The number of carbonyl (C=O) groups is 1. The van der Waals surface area contributed by atoms with Crippen LogP contribution in [0, 0.1) is 13.8 Å². The molecule has 2 aromatic carbocycles. The van der Waals surface area contributed by atoms with Crippen LogP contribution in [0.25, 0.3) is 0 Å². The number of carbonyl (C=O) groups excluding carboxylic acids is 1. The minimum Gasteiger partial charge on any atom is -0.410 e. The number of halogens is 2. The molecule has 2 aromatic rings. The molecule has 0 spiro atoms. The Morgan fingerprint density at radius 2 is 1.78 bits per heavy atom. The molecule has 0 aromatic heterocycles. The van der Waals surface area contributed by atoms with Crippen LogP contribution in [-0.2, 0) is 0 Å². The van der Waals surface area contributed by atoms with Gasteiger partial charge in [-0.3, -0.25) is 5.32 Å². The molecule has 0 atom stereocenters. The summed E-state index contributed by atoms with van der Waals surface area (Å²) in [5.41, 5.74) is 3.28. The van der Waals surface area contributed by atoms with Crippen molar-refractivity contribution in [1.82, 2.24) is 0 Å². The van der Waals surface area contributed by atoms with Crippen molar-refractivity contribution < 1.29 is 9.53 Å². The maximum Gasteiger partial charge on any atom is 0.417 e. The van der Waals surface area contributed by atoms with Gasteiger partial charge in [-0.1, -0.05) is 43.1 Å². The van der Waals surface area contributed by atoms with E-state index in [9.17, 15) is 4.79 Å². The number of aryl methyl sites for hydroxylation is 2. The van der Waals surface area contributed by atoms with Gasteiger partial charge in [-0.25, -0.2) is 4.79 Å². The molecule has 23 heavy (non-hydrogen) atoms. The normalized spacial score (nSPS) is 10.7. The fourth-order valence-corrected chi connectivity index (χ4v) is 2.52. The largest absolute Gasteiger partial charge is 0.417 e. The Morgan fingerprint density at radius 1 is 1.09 bits per heavy atom. The first kappa shape index (κ1) is 17.6. The van der Waals surface area contributed by atoms with E-state index < -0.39 is 6.09 Å². The van der Waals surface area contributed by atoms with Crippen LogP contribution in [0.15, 0.2) is 30.3 Å². The van der Waals surface area contributed by atoms with Gasteiger partial charge in [0.1, 0.15) is 5.75 Å². The second kappa shape index (κ2) is 7.24. The highest BCUT2D eigenvalue weighted by atomic mass is 35.5. The Labute approximate surface area is 146 Å². The fourth-order valence-electron chi connectivity index (χ4n) is 2.17. The van der Waals surface area contributed by atoms with Gasteiger partial charge in [0.05, 0.1) is 0 Å². The van der Waals surface area contributed by atoms with E-state index in [0.29, 0.717) is 21.5 Å². The molecule has 0 saturated carbocycles. The highest BCUT2D eigenvalue weighted by Gasteiger charge is 2.15. The van der Waals surface area contributed by atoms with E-state index in [0.717, 1.165) is 16.7 Å². The molecule has 3 nitrogen and oxygen atoms in total. The minimum absolute atomic E-state index is 0.184. The summed E-state index contributed by atoms with van der Waals surface area (Å²) in [4.78, 5) is 12.2. The first-order valence-electron chi connectivity index (χ1n) is 7.33. The predicted octanol–water partition coefficient (Wildman–Crippen LogP) is 6.34. The molecule has 2 rings (SSSR count). The molecule has 0 aliphatic heterocycles. The van der Waals surface area contributed by atoms with E-state index in [1.807, 2.05) is 39.8 Å². The van der Waals surface area contributed by atoms with Crippen LogP contribution in [0.3, 0.4) is 0 Å². The van der Waals surface area contributed by atoms with Crippen molar-refractivity contribution in [2.45, 2.75) is 33.6 Å². The molecular weight excluding hydrogens is 333 g/mol. The molecule has 0 saturated heterocycles. The molecule has 122 valence electrons. The van der Waals surface area contributed by atoms with E-state index in [-0.39, 0.29) is 5.92 Å². The number of nitrogens with one attached hydrogen (secondary N) is 1. The number of anilines is 1. The van der Waals surface area contributed by atoms with Gasteiger partial charge in [-0.2, -0.15) is 0 Å². The zero-order chi connectivity index (χ0) is 17.1. The highest BCUT2D eigenvalue weighted by Crippen LogP contribution is 2.32. The topological polar surface area (TPSA) is 38.3 Å². The summed E-state index contributed by atoms with van der Waals surface area (Å²) in [5.74, 6) is 0.697. The molecule has 0 unspecified atom stereocenters. The van der Waals surface area contributed by atoms with Gasteiger partial charge in [-0.05, 0) is 60.7 Å². The first-order chi connectivity index (χ1) is 10.8. The lowest BCUT2D eigenvalue weighted by Gasteiger charge is -2.15. The van der Waals surface area contributed by atoms with E-state index in [2.05, 4.69) is 5.32 Å². The summed E-state index contributed by atoms with van der Waals surface area (Å²) in [7, 11) is 0. The van der Waals surface area contributed by atoms with Crippen molar-refractivity contribution in [3.63, 3.8) is 0 Å². The van der Waals surface area contributed by atoms with Crippen LogP contribution in [0.5, 0.6) is 5.75 Å². The third kappa shape index (κ3) is 4.40. The molecule has 0 aliphatic carbocycles. The van der Waals surface area contributed by atoms with E-state index in [1.165, 1.54) is 0 Å². The second-order valence-electron chi connectivity index (χ2n) is 5.77. The molecular formula is C18H19Cl2NO2. The summed E-state index contributed by atoms with van der Waals surface area (Å²) in [6, 6.07) is 8.92. The number of hydrogen-bond donors (Lipinski definition) is 1. The minimum atomic E-state index is -0.556. The van der Waals surface area contributed by atoms with Gasteiger partial charge in [-0.15, -0.1) is 0 Å². The van der Waals surface area contributed by atoms with Gasteiger partial charge >= 0.3 is 6.09 Å². The Morgan fingerprint density at radius 3 is 2.43 bits per heavy atom. The van der Waals surface area contributed by atoms with E-state index in [4.69, 9.17) is 27.9 Å². The molecule has 0 bridgehead atoms. The van der Waals surface area contributed by atoms with Crippen molar-refractivity contribution in [2.24, 2.45) is 0 Å². The zero-order valence-corrected chi connectivity index (χ0v) is 15.0. The molecule has 0 fully saturated rings. The summed E-state index contributed by atoms with van der Waals surface area (Å²) in [6.07, 6.45) is -0.556. The predicted molar refractivity (Wildman–Crippen MR) is 96.1 cm³/mol. The third-order valence-electron chi connectivity index (χ3n) is 3.55. The smallest absolute Gasteiger partial charge is 0.410 e. The van der Waals surface area contributed by atoms with Crippen LogP contribution >= 0.6 is 23.2 Å². The van der Waals surface area contributed by atoms with Crippen molar-refractivity contribution in [3.8, 4) is 5.75 Å². The van der Waals surface area contributed by atoms with Crippen LogP contribution < -0.4 is 10.1 Å². The lowest BCUT2D eigenvalue weighted by atomic mass is 10.0. The number of ether oxygens (including phenoxy) is 1. The van der Waals surface area contributed by atoms with Gasteiger partial charge in [0.25, 0.3) is 0 Å². The zero-order valence-electron chi connectivity index (χ0n) is 13.5. The lowest BCUT2D eigenvalue weighted by molar-refractivity contribution is 0.214. The fraction of sp³-hybridized carbons (Fsp3) is 0.278. The van der Waals surface area contributed by atoms with Gasteiger partial charge < -0.3 is 4.74 Å². The average molecular weight is 352 g/mol. The number of hydrogen-bond acceptors (Lipinski definition) is 2. The van der Waals surface area contributed by atoms with E-state index in [1.54, 1.807) is 18.2 Å². The molecule has 5 heteroatoms. The Balaban J connectivity index is 2.23. The van der Waals surface area contributed by atoms with Gasteiger partial charge in [0.2, 0.25) is 0 Å². The van der Waals surface area contributed by atoms with Crippen molar-refractivity contribution in [1.29, 1.82) is 0 Å². The molecule has 0 aliphatic rings. The van der Waals surface area contributed by atoms with Gasteiger partial charge in [0.15, 0.2) is 0 Å². The molecule has 0 heterocycles. The van der Waals surface area contributed by atoms with Crippen LogP contribution in [0.1, 0.15) is 36.5 Å². The number of rotatable bonds is 3. The summed E-state index contributed by atoms with van der Waals surface area (Å²) < 4.78 is 5.49. The van der Waals surface area contributed by atoms with Gasteiger partial charge in [0, 0.05) is 15.7 Å². The number of amides is 1. The third-order valence-corrected chi connectivity index (χ3v) is 4.19. The summed E-state index contributed by atoms with van der Waals surface area (Å²) >= 11 is 12.1. The molecule has 0 radical (unpaired) electrons. The lowest BCUT2D eigenvalue weighted by Crippen LogP contribution is -2.18. The van der Waals surface area contributed by atoms with Crippen LogP contribution in [-0.4, -0.2) is 6.09 Å². The monoisotopic (exact) mass is 351 g/mol. The number of benzene rings is 2. The van der Waals surface area contributed by atoms with Crippen LogP contribution in [0.4, 0.5) is 10.5 Å². The Bertz CT molecular complexity index is 742. The first-order valence-corrected chi connectivity index (χ1v) is 8.08. The van der Waals surface area contributed by atoms with Crippen LogP contribution in [0.2, 0.25) is 10.0 Å². The summed E-state index contributed by atoms with van der Waals surface area (Å²) in [5, 5.41) is 3.93. The maximum absolute atomic E-state index is 12.2. The molecule has 1 N–H and O–H groups in total. The summed E-state index contributed by atoms with van der Waals surface area (Å²) in [6.45, 7) is 7.80.